The van der Waals surface area contributed by atoms with Crippen molar-refractivity contribution < 1.29 is 14.7 Å². The van der Waals surface area contributed by atoms with Crippen molar-refractivity contribution in [2.24, 2.45) is 0 Å². The Hall–Kier alpha value is -2.52. The number of carbonyl (C=O) groups is 2. The average molecular weight is 470 g/mol. The molecule has 33 heavy (non-hydrogen) atoms. The third-order valence-electron chi connectivity index (χ3n) is 7.06. The molecular weight excluding hydrogens is 438 g/mol. The van der Waals surface area contributed by atoms with E-state index in [1.54, 1.807) is 6.20 Å². The van der Waals surface area contributed by atoms with Crippen molar-refractivity contribution in [1.82, 2.24) is 20.2 Å². The normalized spacial score (nSPS) is 25.9. The smallest absolute Gasteiger partial charge is 0.280 e. The SMILES string of the molecule is Cc1cc(NC(C)C)ncc1-c1sc(C(=O)N[C@H]2CC[C@@H]2O)nc1C(=O)N1C2CCC1CC2. The number of rotatable bonds is 6. The van der Waals surface area contributed by atoms with Gasteiger partial charge in [0.1, 0.15) is 11.5 Å². The van der Waals surface area contributed by atoms with Gasteiger partial charge < -0.3 is 20.6 Å². The van der Waals surface area contributed by atoms with E-state index in [0.717, 1.165) is 49.0 Å². The first-order chi connectivity index (χ1) is 15.8. The molecule has 1 aliphatic carbocycles. The number of nitrogens with one attached hydrogen (secondary N) is 2. The van der Waals surface area contributed by atoms with Gasteiger partial charge in [0.05, 0.1) is 17.0 Å². The summed E-state index contributed by atoms with van der Waals surface area (Å²) < 4.78 is 0. The molecule has 5 rings (SSSR count). The number of aromatic nitrogens is 2. The lowest BCUT2D eigenvalue weighted by atomic mass is 9.89. The molecule has 3 aliphatic rings. The van der Waals surface area contributed by atoms with E-state index in [-0.39, 0.29) is 41.0 Å². The maximum atomic E-state index is 13.7. The van der Waals surface area contributed by atoms with Crippen LogP contribution in [-0.4, -0.2) is 62.1 Å². The fourth-order valence-corrected chi connectivity index (χ4v) is 6.20. The van der Waals surface area contributed by atoms with Crippen LogP contribution in [-0.2, 0) is 0 Å². The fourth-order valence-electron chi connectivity index (χ4n) is 5.16. The van der Waals surface area contributed by atoms with Gasteiger partial charge in [-0.15, -0.1) is 11.3 Å². The molecule has 2 atom stereocenters. The standard InChI is InChI=1S/C24H31N5O3S/c1-12(2)26-19-10-13(3)16(11-25-19)21-20(24(32)29-14-4-5-15(29)7-6-14)28-23(33-21)22(31)27-17-8-9-18(17)30/h10-12,14-15,17-18,30H,4-9H2,1-3H3,(H,25,26)(H,27,31)/t14?,15?,17-,18-/m0/s1. The van der Waals surface area contributed by atoms with Crippen LogP contribution in [0.25, 0.3) is 10.4 Å². The number of carbonyl (C=O) groups excluding carboxylic acids is 2. The molecule has 0 spiro atoms. The second-order valence-corrected chi connectivity index (χ2v) is 10.8. The minimum Gasteiger partial charge on any atom is -0.391 e. The number of thiazole rings is 1. The van der Waals surface area contributed by atoms with E-state index < -0.39 is 6.10 Å². The van der Waals surface area contributed by atoms with Gasteiger partial charge in [0.15, 0.2) is 5.01 Å². The molecule has 0 aromatic carbocycles. The van der Waals surface area contributed by atoms with Crippen molar-refractivity contribution in [2.45, 2.75) is 89.6 Å². The Kier molecular flexibility index (Phi) is 5.86. The van der Waals surface area contributed by atoms with Gasteiger partial charge in [-0.25, -0.2) is 9.97 Å². The average Bonchev–Trinajstić information content (AvgIpc) is 3.50. The van der Waals surface area contributed by atoms with E-state index in [2.05, 4.69) is 34.4 Å². The second kappa shape index (κ2) is 8.68. The molecule has 2 aromatic rings. The van der Waals surface area contributed by atoms with Gasteiger partial charge in [0, 0.05) is 29.9 Å². The van der Waals surface area contributed by atoms with Crippen LogP contribution in [0.1, 0.15) is 78.2 Å². The van der Waals surface area contributed by atoms with Crippen LogP contribution >= 0.6 is 11.3 Å². The van der Waals surface area contributed by atoms with E-state index in [9.17, 15) is 14.7 Å². The number of hydrogen-bond acceptors (Lipinski definition) is 7. The number of fused-ring (bicyclic) bond motifs is 2. The molecule has 0 unspecified atom stereocenters. The lowest BCUT2D eigenvalue weighted by Crippen LogP contribution is -2.50. The van der Waals surface area contributed by atoms with Crippen molar-refractivity contribution in [2.75, 3.05) is 5.32 Å². The molecule has 0 radical (unpaired) electrons. The number of aliphatic hydroxyl groups is 1. The third kappa shape index (κ3) is 4.12. The highest BCUT2D eigenvalue weighted by atomic mass is 32.1. The number of pyridine rings is 1. The van der Waals surface area contributed by atoms with E-state index in [1.165, 1.54) is 11.3 Å². The summed E-state index contributed by atoms with van der Waals surface area (Å²) >= 11 is 1.23. The Balaban J connectivity index is 1.50. The van der Waals surface area contributed by atoms with Crippen molar-refractivity contribution in [3.8, 4) is 10.4 Å². The van der Waals surface area contributed by atoms with Crippen LogP contribution in [0.3, 0.4) is 0 Å². The highest BCUT2D eigenvalue weighted by Gasteiger charge is 2.44. The van der Waals surface area contributed by atoms with Crippen LogP contribution < -0.4 is 10.6 Å². The van der Waals surface area contributed by atoms with Gasteiger partial charge in [0.2, 0.25) is 0 Å². The zero-order valence-corrected chi connectivity index (χ0v) is 20.1. The molecule has 2 amide bonds. The van der Waals surface area contributed by atoms with Crippen LogP contribution in [0.15, 0.2) is 12.3 Å². The van der Waals surface area contributed by atoms with Gasteiger partial charge in [0.25, 0.3) is 11.8 Å². The third-order valence-corrected chi connectivity index (χ3v) is 8.15. The van der Waals surface area contributed by atoms with Crippen LogP contribution in [0.5, 0.6) is 0 Å². The lowest BCUT2D eigenvalue weighted by Gasteiger charge is -2.32. The molecular formula is C24H31N5O3S. The summed E-state index contributed by atoms with van der Waals surface area (Å²) in [5.41, 5.74) is 2.13. The predicted molar refractivity (Wildman–Crippen MR) is 128 cm³/mol. The number of anilines is 1. The summed E-state index contributed by atoms with van der Waals surface area (Å²) in [6.07, 6.45) is 6.86. The first-order valence-electron chi connectivity index (χ1n) is 11.9. The first-order valence-corrected chi connectivity index (χ1v) is 12.7. The van der Waals surface area contributed by atoms with Crippen LogP contribution in [0, 0.1) is 6.92 Å². The van der Waals surface area contributed by atoms with Crippen molar-refractivity contribution >= 4 is 29.0 Å². The summed E-state index contributed by atoms with van der Waals surface area (Å²) in [7, 11) is 0. The maximum Gasteiger partial charge on any atom is 0.280 e. The van der Waals surface area contributed by atoms with Gasteiger partial charge in [-0.3, -0.25) is 9.59 Å². The molecule has 3 N–H and O–H groups in total. The van der Waals surface area contributed by atoms with Gasteiger partial charge in [-0.2, -0.15) is 0 Å². The largest absolute Gasteiger partial charge is 0.391 e. The Morgan fingerprint density at radius 2 is 1.85 bits per heavy atom. The van der Waals surface area contributed by atoms with Crippen molar-refractivity contribution in [1.29, 1.82) is 0 Å². The van der Waals surface area contributed by atoms with E-state index >= 15 is 0 Å². The zero-order chi connectivity index (χ0) is 23.3. The lowest BCUT2D eigenvalue weighted by molar-refractivity contribution is 0.0447. The molecule has 8 nitrogen and oxygen atoms in total. The van der Waals surface area contributed by atoms with Crippen molar-refractivity contribution in [3.05, 3.63) is 28.5 Å². The summed E-state index contributed by atoms with van der Waals surface area (Å²) in [6.45, 7) is 6.10. The number of nitrogens with zero attached hydrogens (tertiary/aromatic N) is 3. The highest BCUT2D eigenvalue weighted by molar-refractivity contribution is 7.17. The fraction of sp³-hybridized carbons (Fsp3) is 0.583. The predicted octanol–water partition coefficient (Wildman–Crippen LogP) is 3.35. The maximum absolute atomic E-state index is 13.7. The molecule has 176 valence electrons. The second-order valence-electron chi connectivity index (χ2n) is 9.78. The van der Waals surface area contributed by atoms with Gasteiger partial charge in [-0.05, 0) is 70.9 Å². The van der Waals surface area contributed by atoms with E-state index in [1.807, 2.05) is 17.9 Å². The number of aryl methyl sites for hydroxylation is 1. The molecule has 2 aromatic heterocycles. The Morgan fingerprint density at radius 3 is 2.39 bits per heavy atom. The zero-order valence-electron chi connectivity index (χ0n) is 19.3. The minimum absolute atomic E-state index is 0.0854. The number of hydrogen-bond donors (Lipinski definition) is 3. The number of amides is 2. The van der Waals surface area contributed by atoms with E-state index in [4.69, 9.17) is 0 Å². The first kappa shape index (κ1) is 22.3. The van der Waals surface area contributed by atoms with Gasteiger partial charge in [-0.1, -0.05) is 0 Å². The summed E-state index contributed by atoms with van der Waals surface area (Å²) in [4.78, 5) is 38.4. The van der Waals surface area contributed by atoms with Crippen LogP contribution in [0.2, 0.25) is 0 Å². The molecule has 3 fully saturated rings. The Bertz CT molecular complexity index is 1060. The number of aliphatic hydroxyl groups excluding tert-OH is 1. The van der Waals surface area contributed by atoms with Gasteiger partial charge >= 0.3 is 0 Å². The quantitative estimate of drug-likeness (QED) is 0.599. The molecule has 1 saturated carbocycles. The topological polar surface area (TPSA) is 107 Å². The highest BCUT2D eigenvalue weighted by Crippen LogP contribution is 2.41. The molecule has 2 bridgehead atoms. The summed E-state index contributed by atoms with van der Waals surface area (Å²) in [5.74, 6) is 0.355. The Morgan fingerprint density at radius 1 is 1.15 bits per heavy atom. The monoisotopic (exact) mass is 469 g/mol. The summed E-state index contributed by atoms with van der Waals surface area (Å²) in [5, 5.41) is 16.3. The minimum atomic E-state index is -0.512. The molecule has 4 heterocycles. The van der Waals surface area contributed by atoms with Crippen molar-refractivity contribution in [3.63, 3.8) is 0 Å². The molecule has 2 aliphatic heterocycles. The van der Waals surface area contributed by atoms with E-state index in [0.29, 0.717) is 17.0 Å². The summed E-state index contributed by atoms with van der Waals surface area (Å²) in [6, 6.07) is 2.52. The van der Waals surface area contributed by atoms with Crippen LogP contribution in [0.4, 0.5) is 5.82 Å². The molecule has 9 heteroatoms. The Labute approximate surface area is 197 Å². The molecule has 2 saturated heterocycles.